The van der Waals surface area contributed by atoms with E-state index in [0.29, 0.717) is 28.4 Å². The van der Waals surface area contributed by atoms with Crippen molar-refractivity contribution in [3.8, 4) is 17.1 Å². The van der Waals surface area contributed by atoms with E-state index in [1.54, 1.807) is 30.5 Å². The van der Waals surface area contributed by atoms with Crippen LogP contribution in [0, 0.1) is 6.92 Å². The van der Waals surface area contributed by atoms with Crippen molar-refractivity contribution in [3.05, 3.63) is 60.6 Å². The van der Waals surface area contributed by atoms with Gasteiger partial charge in [-0.15, -0.1) is 0 Å². The molecule has 1 heterocycles. The molecule has 2 N–H and O–H groups in total. The van der Waals surface area contributed by atoms with E-state index in [4.69, 9.17) is 9.15 Å². The number of hydrogen-bond acceptors (Lipinski definition) is 5. The van der Waals surface area contributed by atoms with Crippen LogP contribution in [0.3, 0.4) is 0 Å². The highest BCUT2D eigenvalue weighted by atomic mass is 16.5. The van der Waals surface area contributed by atoms with Gasteiger partial charge in [-0.1, -0.05) is 12.1 Å². The highest BCUT2D eigenvalue weighted by Gasteiger charge is 2.13. The summed E-state index contributed by atoms with van der Waals surface area (Å²) in [7, 11) is 1.52. The standard InChI is InChI=1S/C20H19N3O4/c1-13-4-3-5-14(8-13)22-19(24)10-20(25)23-15-6-7-16(17(9-15)26-2)18-11-21-12-27-18/h3-9,11-12H,10H2,1-2H3,(H,22,24)(H,23,25). The Labute approximate surface area is 156 Å². The van der Waals surface area contributed by atoms with Crippen LogP contribution in [0.15, 0.2) is 59.5 Å². The zero-order valence-electron chi connectivity index (χ0n) is 15.0. The second-order valence-electron chi connectivity index (χ2n) is 5.92. The Balaban J connectivity index is 1.63. The van der Waals surface area contributed by atoms with Gasteiger partial charge >= 0.3 is 0 Å². The lowest BCUT2D eigenvalue weighted by molar-refractivity contribution is -0.123. The maximum Gasteiger partial charge on any atom is 0.233 e. The summed E-state index contributed by atoms with van der Waals surface area (Å²) in [4.78, 5) is 28.1. The number of aromatic nitrogens is 1. The second-order valence-corrected chi connectivity index (χ2v) is 5.92. The van der Waals surface area contributed by atoms with Crippen LogP contribution < -0.4 is 15.4 Å². The van der Waals surface area contributed by atoms with Crippen LogP contribution in [0.4, 0.5) is 11.4 Å². The van der Waals surface area contributed by atoms with Crippen molar-refractivity contribution >= 4 is 23.2 Å². The maximum atomic E-state index is 12.2. The third-order valence-corrected chi connectivity index (χ3v) is 3.81. The first kappa shape index (κ1) is 18.2. The number of nitrogens with one attached hydrogen (secondary N) is 2. The van der Waals surface area contributed by atoms with Gasteiger partial charge in [-0.2, -0.15) is 0 Å². The molecule has 2 aromatic carbocycles. The monoisotopic (exact) mass is 365 g/mol. The second kappa shape index (κ2) is 8.18. The third kappa shape index (κ3) is 4.72. The van der Waals surface area contributed by atoms with E-state index in [0.717, 1.165) is 5.56 Å². The summed E-state index contributed by atoms with van der Waals surface area (Å²) in [6, 6.07) is 12.5. The fourth-order valence-corrected chi connectivity index (χ4v) is 2.60. The third-order valence-electron chi connectivity index (χ3n) is 3.81. The van der Waals surface area contributed by atoms with E-state index in [1.807, 2.05) is 25.1 Å². The molecule has 138 valence electrons. The van der Waals surface area contributed by atoms with Gasteiger partial charge in [0, 0.05) is 17.4 Å². The molecule has 27 heavy (non-hydrogen) atoms. The molecule has 0 radical (unpaired) electrons. The first-order valence-corrected chi connectivity index (χ1v) is 8.28. The Morgan fingerprint density at radius 1 is 1.07 bits per heavy atom. The van der Waals surface area contributed by atoms with Crippen molar-refractivity contribution in [3.63, 3.8) is 0 Å². The lowest BCUT2D eigenvalue weighted by atomic mass is 10.1. The molecule has 0 spiro atoms. The number of carbonyl (C=O) groups excluding carboxylic acids is 2. The maximum absolute atomic E-state index is 12.2. The largest absolute Gasteiger partial charge is 0.496 e. The number of benzene rings is 2. The molecule has 3 rings (SSSR count). The molecule has 0 aliphatic heterocycles. The number of aryl methyl sites for hydroxylation is 1. The Kier molecular flexibility index (Phi) is 5.51. The van der Waals surface area contributed by atoms with Gasteiger partial charge in [0.05, 0.1) is 18.9 Å². The van der Waals surface area contributed by atoms with Crippen LogP contribution in [0.1, 0.15) is 12.0 Å². The minimum atomic E-state index is -0.422. The molecule has 1 aromatic heterocycles. The van der Waals surface area contributed by atoms with Gasteiger partial charge in [0.2, 0.25) is 11.8 Å². The molecule has 0 saturated heterocycles. The number of oxazole rings is 1. The summed E-state index contributed by atoms with van der Waals surface area (Å²) in [6.07, 6.45) is 2.61. The average Bonchev–Trinajstić information content (AvgIpc) is 3.15. The van der Waals surface area contributed by atoms with E-state index < -0.39 is 5.91 Å². The van der Waals surface area contributed by atoms with Crippen LogP contribution >= 0.6 is 0 Å². The Hall–Kier alpha value is -3.61. The quantitative estimate of drug-likeness (QED) is 0.651. The lowest BCUT2D eigenvalue weighted by Gasteiger charge is -2.10. The molecule has 3 aromatic rings. The minimum absolute atomic E-state index is 0.292. The Morgan fingerprint density at radius 3 is 2.44 bits per heavy atom. The van der Waals surface area contributed by atoms with E-state index in [2.05, 4.69) is 15.6 Å². The number of nitrogens with zero attached hydrogens (tertiary/aromatic N) is 1. The SMILES string of the molecule is COc1cc(NC(=O)CC(=O)Nc2cccc(C)c2)ccc1-c1cnco1. The topological polar surface area (TPSA) is 93.5 Å². The molecule has 0 unspecified atom stereocenters. The molecule has 0 aliphatic rings. The minimum Gasteiger partial charge on any atom is -0.496 e. The fourth-order valence-electron chi connectivity index (χ4n) is 2.60. The molecule has 0 saturated carbocycles. The predicted octanol–water partition coefficient (Wildman–Crippen LogP) is 3.63. The van der Waals surface area contributed by atoms with Gasteiger partial charge in [0.1, 0.15) is 12.2 Å². The Bertz CT molecular complexity index is 952. The van der Waals surface area contributed by atoms with Gasteiger partial charge in [0.15, 0.2) is 12.2 Å². The van der Waals surface area contributed by atoms with Crippen molar-refractivity contribution in [2.24, 2.45) is 0 Å². The van der Waals surface area contributed by atoms with Gasteiger partial charge < -0.3 is 19.8 Å². The zero-order chi connectivity index (χ0) is 19.2. The molecule has 0 aliphatic carbocycles. The molecule has 0 fully saturated rings. The lowest BCUT2D eigenvalue weighted by Crippen LogP contribution is -2.21. The Morgan fingerprint density at radius 2 is 1.81 bits per heavy atom. The number of methoxy groups -OCH3 is 1. The molecule has 0 bridgehead atoms. The van der Waals surface area contributed by atoms with E-state index in [-0.39, 0.29) is 12.3 Å². The summed E-state index contributed by atoms with van der Waals surface area (Å²) in [5, 5.41) is 5.40. The van der Waals surface area contributed by atoms with Crippen molar-refractivity contribution in [2.75, 3.05) is 17.7 Å². The van der Waals surface area contributed by atoms with Crippen LogP contribution in [0.5, 0.6) is 5.75 Å². The van der Waals surface area contributed by atoms with Gasteiger partial charge in [-0.05, 0) is 36.8 Å². The van der Waals surface area contributed by atoms with E-state index >= 15 is 0 Å². The van der Waals surface area contributed by atoms with Crippen molar-refractivity contribution in [1.82, 2.24) is 4.98 Å². The summed E-state index contributed by atoms with van der Waals surface area (Å²) < 4.78 is 10.6. The van der Waals surface area contributed by atoms with E-state index in [9.17, 15) is 9.59 Å². The normalized spacial score (nSPS) is 10.3. The first-order valence-electron chi connectivity index (χ1n) is 8.28. The predicted molar refractivity (Wildman–Crippen MR) is 102 cm³/mol. The molecule has 2 amide bonds. The van der Waals surface area contributed by atoms with Gasteiger partial charge in [-0.3, -0.25) is 9.59 Å². The van der Waals surface area contributed by atoms with Crippen molar-refractivity contribution in [1.29, 1.82) is 0 Å². The van der Waals surface area contributed by atoms with Crippen LogP contribution in [0.2, 0.25) is 0 Å². The first-order chi connectivity index (χ1) is 13.0. The number of ether oxygens (including phenoxy) is 1. The fraction of sp³-hybridized carbons (Fsp3) is 0.150. The number of rotatable bonds is 6. The van der Waals surface area contributed by atoms with E-state index in [1.165, 1.54) is 13.5 Å². The number of anilines is 2. The average molecular weight is 365 g/mol. The highest BCUT2D eigenvalue weighted by molar-refractivity contribution is 6.08. The number of amides is 2. The molecule has 7 heteroatoms. The molecular formula is C20H19N3O4. The van der Waals surface area contributed by atoms with Crippen molar-refractivity contribution in [2.45, 2.75) is 13.3 Å². The number of hydrogen-bond donors (Lipinski definition) is 2. The summed E-state index contributed by atoms with van der Waals surface area (Å²) >= 11 is 0. The molecule has 0 atom stereocenters. The van der Waals surface area contributed by atoms with Crippen LogP contribution in [-0.2, 0) is 9.59 Å². The van der Waals surface area contributed by atoms with Crippen LogP contribution in [0.25, 0.3) is 11.3 Å². The summed E-state index contributed by atoms with van der Waals surface area (Å²) in [5.74, 6) is 0.272. The summed E-state index contributed by atoms with van der Waals surface area (Å²) in [6.45, 7) is 1.93. The zero-order valence-corrected chi connectivity index (χ0v) is 15.0. The number of carbonyl (C=O) groups is 2. The van der Waals surface area contributed by atoms with Gasteiger partial charge in [0.25, 0.3) is 0 Å². The van der Waals surface area contributed by atoms with Crippen LogP contribution in [-0.4, -0.2) is 23.9 Å². The van der Waals surface area contributed by atoms with Crippen molar-refractivity contribution < 1.29 is 18.7 Å². The molecular weight excluding hydrogens is 346 g/mol. The molecule has 7 nitrogen and oxygen atoms in total. The smallest absolute Gasteiger partial charge is 0.233 e. The van der Waals surface area contributed by atoms with Gasteiger partial charge in [-0.25, -0.2) is 4.98 Å². The highest BCUT2D eigenvalue weighted by Crippen LogP contribution is 2.32. The summed E-state index contributed by atoms with van der Waals surface area (Å²) in [5.41, 5.74) is 2.91.